The lowest BCUT2D eigenvalue weighted by molar-refractivity contribution is -0.106. The van der Waals surface area contributed by atoms with E-state index in [1.54, 1.807) is 27.9 Å². The smallest absolute Gasteiger partial charge is 0.321 e. The lowest BCUT2D eigenvalue weighted by Crippen LogP contribution is -2.67. The molecule has 7 heteroatoms. The minimum atomic E-state index is -0.891. The van der Waals surface area contributed by atoms with Crippen LogP contribution in [0.4, 0.5) is 9.18 Å². The molecule has 4 rings (SSSR count). The quantitative estimate of drug-likeness (QED) is 0.877. The van der Waals surface area contributed by atoms with Crippen molar-refractivity contribution >= 4 is 6.03 Å². The Morgan fingerprint density at radius 2 is 2.42 bits per heavy atom. The molecule has 1 N–H and O–H groups in total. The lowest BCUT2D eigenvalue weighted by Gasteiger charge is -2.52. The molecule has 0 saturated carbocycles. The number of aromatic nitrogens is 2. The number of urea groups is 1. The van der Waals surface area contributed by atoms with E-state index < -0.39 is 5.72 Å². The number of ether oxygens (including phenoxy) is 1. The Hall–Kier alpha value is -2.83. The van der Waals surface area contributed by atoms with Crippen LogP contribution in [-0.4, -0.2) is 33.0 Å². The van der Waals surface area contributed by atoms with Crippen LogP contribution in [0, 0.1) is 5.82 Å². The second kappa shape index (κ2) is 5.36. The summed E-state index contributed by atoms with van der Waals surface area (Å²) in [6, 6.07) is 5.66. The number of nitrogens with zero attached hydrogens (tertiary/aromatic N) is 3. The molecule has 2 atom stereocenters. The summed E-state index contributed by atoms with van der Waals surface area (Å²) in [4.78, 5) is 14.2. The fraction of sp³-hybridized carbons (Fsp3) is 0.294. The van der Waals surface area contributed by atoms with E-state index in [1.807, 2.05) is 12.3 Å². The highest BCUT2D eigenvalue weighted by molar-refractivity contribution is 5.77. The number of halogens is 1. The maximum atomic E-state index is 13.6. The number of carbonyl (C=O) groups is 1. The van der Waals surface area contributed by atoms with E-state index in [0.717, 1.165) is 0 Å². The molecule has 0 aliphatic carbocycles. The van der Waals surface area contributed by atoms with Gasteiger partial charge in [-0.15, -0.1) is 6.58 Å². The first kappa shape index (κ1) is 14.7. The van der Waals surface area contributed by atoms with Crippen molar-refractivity contribution in [2.75, 3.05) is 6.54 Å². The molecule has 2 amide bonds. The number of hydrogen-bond acceptors (Lipinski definition) is 3. The van der Waals surface area contributed by atoms with Crippen LogP contribution in [0.2, 0.25) is 0 Å². The summed E-state index contributed by atoms with van der Waals surface area (Å²) in [6.07, 6.45) is 5.67. The fourth-order valence-electron chi connectivity index (χ4n) is 3.47. The van der Waals surface area contributed by atoms with E-state index in [0.29, 0.717) is 30.8 Å². The topological polar surface area (TPSA) is 59.4 Å². The van der Waals surface area contributed by atoms with Gasteiger partial charge in [-0.1, -0.05) is 6.08 Å². The van der Waals surface area contributed by atoms with E-state index in [4.69, 9.17) is 4.74 Å². The highest BCUT2D eigenvalue weighted by Gasteiger charge is 2.52. The molecule has 0 spiro atoms. The summed E-state index contributed by atoms with van der Waals surface area (Å²) < 4.78 is 21.6. The summed E-state index contributed by atoms with van der Waals surface area (Å²) in [5.41, 5.74) is -0.226. The molecule has 6 nitrogen and oxygen atoms in total. The van der Waals surface area contributed by atoms with Gasteiger partial charge < -0.3 is 10.1 Å². The maximum Gasteiger partial charge on any atom is 0.321 e. The maximum absolute atomic E-state index is 13.6. The Morgan fingerprint density at radius 1 is 1.54 bits per heavy atom. The SMILES string of the molecule is C=CCN1C(=O)NC2CC1(Cn1cccn1)Oc1ccc(F)cc12. The number of benzene rings is 1. The number of fused-ring (bicyclic) bond motifs is 4. The van der Waals surface area contributed by atoms with Gasteiger partial charge >= 0.3 is 6.03 Å². The zero-order valence-electron chi connectivity index (χ0n) is 13.0. The largest absolute Gasteiger partial charge is 0.465 e. The van der Waals surface area contributed by atoms with Crippen molar-refractivity contribution in [1.29, 1.82) is 0 Å². The number of nitrogens with one attached hydrogen (secondary N) is 1. The molecule has 1 fully saturated rings. The molecule has 124 valence electrons. The second-order valence-corrected chi connectivity index (χ2v) is 6.04. The van der Waals surface area contributed by atoms with Crippen molar-refractivity contribution in [2.45, 2.75) is 24.7 Å². The third-order valence-electron chi connectivity index (χ3n) is 4.48. The molecule has 1 aromatic carbocycles. The Balaban J connectivity index is 1.80. The first-order chi connectivity index (χ1) is 11.6. The van der Waals surface area contributed by atoms with Gasteiger partial charge in [-0.05, 0) is 24.3 Å². The van der Waals surface area contributed by atoms with Gasteiger partial charge in [-0.25, -0.2) is 9.18 Å². The van der Waals surface area contributed by atoms with Crippen LogP contribution < -0.4 is 10.1 Å². The second-order valence-electron chi connectivity index (χ2n) is 6.04. The third-order valence-corrected chi connectivity index (χ3v) is 4.48. The zero-order chi connectivity index (χ0) is 16.7. The van der Waals surface area contributed by atoms with Crippen molar-refractivity contribution in [2.24, 2.45) is 0 Å². The Bertz CT molecular complexity index is 792. The van der Waals surface area contributed by atoms with E-state index in [1.165, 1.54) is 12.1 Å². The van der Waals surface area contributed by atoms with Crippen LogP contribution in [-0.2, 0) is 6.54 Å². The van der Waals surface area contributed by atoms with Crippen molar-refractivity contribution in [3.05, 3.63) is 60.7 Å². The molecule has 3 heterocycles. The third kappa shape index (κ3) is 2.24. The number of carbonyl (C=O) groups excluding carboxylic acids is 1. The minimum Gasteiger partial charge on any atom is -0.465 e. The van der Waals surface area contributed by atoms with Crippen molar-refractivity contribution in [3.8, 4) is 5.75 Å². The molecule has 2 bridgehead atoms. The lowest BCUT2D eigenvalue weighted by atomic mass is 9.89. The summed E-state index contributed by atoms with van der Waals surface area (Å²) in [5, 5.41) is 7.17. The van der Waals surface area contributed by atoms with Crippen LogP contribution in [0.1, 0.15) is 18.0 Å². The highest BCUT2D eigenvalue weighted by atomic mass is 19.1. The summed E-state index contributed by atoms with van der Waals surface area (Å²) in [5.74, 6) is 0.230. The molecule has 0 radical (unpaired) electrons. The number of hydrogen-bond donors (Lipinski definition) is 1. The van der Waals surface area contributed by atoms with Gasteiger partial charge in [0.25, 0.3) is 0 Å². The normalized spacial score (nSPS) is 24.8. The monoisotopic (exact) mass is 328 g/mol. The first-order valence-corrected chi connectivity index (χ1v) is 7.76. The summed E-state index contributed by atoms with van der Waals surface area (Å²) in [7, 11) is 0. The van der Waals surface area contributed by atoms with Crippen molar-refractivity contribution < 1.29 is 13.9 Å². The minimum absolute atomic E-state index is 0.256. The molecular formula is C17H17FN4O2. The molecule has 1 saturated heterocycles. The standard InChI is InChI=1S/C17H17FN4O2/c1-2-7-22-16(23)20-14-10-17(22,11-21-8-3-6-19-21)24-15-5-4-12(18)9-13(14)15/h2-6,8-9,14H,1,7,10-11H2,(H,20,23). The predicted molar refractivity (Wildman–Crippen MR) is 84.8 cm³/mol. The Labute approximate surface area is 138 Å². The highest BCUT2D eigenvalue weighted by Crippen LogP contribution is 2.45. The first-order valence-electron chi connectivity index (χ1n) is 7.76. The number of rotatable bonds is 4. The van der Waals surface area contributed by atoms with E-state index >= 15 is 0 Å². The molecule has 2 aromatic rings. The van der Waals surface area contributed by atoms with Crippen LogP contribution in [0.25, 0.3) is 0 Å². The molecule has 1 aromatic heterocycles. The Morgan fingerprint density at radius 3 is 3.17 bits per heavy atom. The van der Waals surface area contributed by atoms with Gasteiger partial charge in [0.2, 0.25) is 5.72 Å². The van der Waals surface area contributed by atoms with Gasteiger partial charge in [-0.2, -0.15) is 5.10 Å². The predicted octanol–water partition coefficient (Wildman–Crippen LogP) is 2.45. The number of amides is 2. The molecule has 2 aliphatic rings. The molecule has 2 aliphatic heterocycles. The molecule has 2 unspecified atom stereocenters. The van der Waals surface area contributed by atoms with Gasteiger partial charge in [0.1, 0.15) is 18.1 Å². The summed E-state index contributed by atoms with van der Waals surface area (Å²) >= 11 is 0. The zero-order valence-corrected chi connectivity index (χ0v) is 13.0. The van der Waals surface area contributed by atoms with Crippen LogP contribution >= 0.6 is 0 Å². The van der Waals surface area contributed by atoms with E-state index in [2.05, 4.69) is 17.0 Å². The van der Waals surface area contributed by atoms with Gasteiger partial charge in [0.05, 0.1) is 6.04 Å². The van der Waals surface area contributed by atoms with Crippen LogP contribution in [0.5, 0.6) is 5.75 Å². The van der Waals surface area contributed by atoms with E-state index in [-0.39, 0.29) is 17.9 Å². The van der Waals surface area contributed by atoms with Crippen LogP contribution in [0.15, 0.2) is 49.3 Å². The average molecular weight is 328 g/mol. The Kier molecular flexibility index (Phi) is 3.30. The van der Waals surface area contributed by atoms with Crippen molar-refractivity contribution in [1.82, 2.24) is 20.0 Å². The fourth-order valence-corrected chi connectivity index (χ4v) is 3.47. The van der Waals surface area contributed by atoms with E-state index in [9.17, 15) is 9.18 Å². The molecular weight excluding hydrogens is 311 g/mol. The van der Waals surface area contributed by atoms with Crippen LogP contribution in [0.3, 0.4) is 0 Å². The van der Waals surface area contributed by atoms with Gasteiger partial charge in [0.15, 0.2) is 0 Å². The van der Waals surface area contributed by atoms with Gasteiger partial charge in [0, 0.05) is 30.9 Å². The summed E-state index contributed by atoms with van der Waals surface area (Å²) in [6.45, 7) is 4.46. The molecule has 24 heavy (non-hydrogen) atoms. The van der Waals surface area contributed by atoms with Crippen molar-refractivity contribution in [3.63, 3.8) is 0 Å². The average Bonchev–Trinajstić information content (AvgIpc) is 3.05. The van der Waals surface area contributed by atoms with Gasteiger partial charge in [-0.3, -0.25) is 9.58 Å².